The van der Waals surface area contributed by atoms with Crippen molar-refractivity contribution < 1.29 is 0 Å². The zero-order valence-electron chi connectivity index (χ0n) is 11.2. The largest absolute Gasteiger partial charge is 0.156 e. The molecule has 1 rings (SSSR count). The summed E-state index contributed by atoms with van der Waals surface area (Å²) in [4.78, 5) is 0. The van der Waals surface area contributed by atoms with Crippen molar-refractivity contribution in [3.63, 3.8) is 0 Å². The van der Waals surface area contributed by atoms with Gasteiger partial charge in [0.1, 0.15) is 5.30 Å². The van der Waals surface area contributed by atoms with Gasteiger partial charge in [-0.1, -0.05) is 18.2 Å². The molecule has 1 aromatic carbocycles. The van der Waals surface area contributed by atoms with E-state index in [0.29, 0.717) is 0 Å². The predicted molar refractivity (Wildman–Crippen MR) is 78.4 cm³/mol. The van der Waals surface area contributed by atoms with E-state index < -0.39 is 6.62 Å². The molecular weight excluding hydrogens is 235 g/mol. The highest BCUT2D eigenvalue weighted by molar-refractivity contribution is 8.06. The van der Waals surface area contributed by atoms with Crippen molar-refractivity contribution in [2.45, 2.75) is 51.9 Å². The average molecular weight is 258 g/mol. The fraction of sp³-hybridized carbons (Fsp3) is 0.571. The highest BCUT2D eigenvalue weighted by Crippen LogP contribution is 2.79. The van der Waals surface area contributed by atoms with E-state index >= 15 is 0 Å². The molecule has 0 aromatic heterocycles. The maximum Gasteiger partial charge on any atom is 0.156 e. The Morgan fingerprint density at radius 2 is 1.19 bits per heavy atom. The van der Waals surface area contributed by atoms with Crippen LogP contribution in [0.25, 0.3) is 0 Å². The van der Waals surface area contributed by atoms with Crippen molar-refractivity contribution in [3.8, 4) is 0 Å². The summed E-state index contributed by atoms with van der Waals surface area (Å²) in [5, 5.41) is 1.55. The SMILES string of the molecule is CC(C)(C)[P+](Cl)(c1ccccc1)C(C)(C)C. The van der Waals surface area contributed by atoms with Crippen molar-refractivity contribution in [1.82, 2.24) is 0 Å². The minimum absolute atomic E-state index is 0.119. The minimum Gasteiger partial charge on any atom is -0.0620 e. The van der Waals surface area contributed by atoms with Gasteiger partial charge in [-0.2, -0.15) is 0 Å². The van der Waals surface area contributed by atoms with Crippen molar-refractivity contribution in [2.24, 2.45) is 0 Å². The predicted octanol–water partition coefficient (Wildman–Crippen LogP) is 5.08. The van der Waals surface area contributed by atoms with E-state index in [1.807, 2.05) is 0 Å². The third kappa shape index (κ3) is 2.29. The Kier molecular flexibility index (Phi) is 3.78. The van der Waals surface area contributed by atoms with E-state index in [2.05, 4.69) is 71.9 Å². The van der Waals surface area contributed by atoms with E-state index in [-0.39, 0.29) is 10.3 Å². The van der Waals surface area contributed by atoms with Gasteiger partial charge in [0.05, 0.1) is 21.6 Å². The first-order valence-electron chi connectivity index (χ1n) is 5.75. The van der Waals surface area contributed by atoms with Gasteiger partial charge in [0, 0.05) is 0 Å². The molecule has 0 radical (unpaired) electrons. The summed E-state index contributed by atoms with van der Waals surface area (Å²) in [7, 11) is 0. The maximum absolute atomic E-state index is 7.13. The molecule has 0 fully saturated rings. The zero-order valence-corrected chi connectivity index (χ0v) is 12.9. The quantitative estimate of drug-likeness (QED) is 0.616. The van der Waals surface area contributed by atoms with E-state index in [4.69, 9.17) is 11.2 Å². The molecule has 2 heteroatoms. The molecule has 0 saturated heterocycles. The fourth-order valence-electron chi connectivity index (χ4n) is 2.41. The number of benzene rings is 1. The lowest BCUT2D eigenvalue weighted by Crippen LogP contribution is -2.36. The van der Waals surface area contributed by atoms with Gasteiger partial charge in [-0.05, 0) is 53.7 Å². The van der Waals surface area contributed by atoms with Crippen LogP contribution in [0.3, 0.4) is 0 Å². The summed E-state index contributed by atoms with van der Waals surface area (Å²) >= 11 is 7.13. The first-order chi connectivity index (χ1) is 7.11. The monoisotopic (exact) mass is 257 g/mol. The van der Waals surface area contributed by atoms with Crippen molar-refractivity contribution in [1.29, 1.82) is 0 Å². The molecule has 0 aliphatic carbocycles. The van der Waals surface area contributed by atoms with Gasteiger partial charge in [0.2, 0.25) is 0 Å². The second-order valence-corrected chi connectivity index (χ2v) is 12.2. The molecule has 1 aromatic rings. The van der Waals surface area contributed by atoms with Crippen molar-refractivity contribution in [2.75, 3.05) is 0 Å². The summed E-state index contributed by atoms with van der Waals surface area (Å²) in [5.74, 6) is 0. The smallest absolute Gasteiger partial charge is 0.0620 e. The normalized spacial score (nSPS) is 13.9. The molecule has 0 unspecified atom stereocenters. The van der Waals surface area contributed by atoms with Crippen LogP contribution in [0.2, 0.25) is 0 Å². The van der Waals surface area contributed by atoms with Crippen molar-refractivity contribution in [3.05, 3.63) is 30.3 Å². The summed E-state index contributed by atoms with van der Waals surface area (Å²) in [6.07, 6.45) is 0. The second-order valence-electron chi connectivity index (χ2n) is 6.27. The van der Waals surface area contributed by atoms with Crippen LogP contribution in [-0.4, -0.2) is 10.3 Å². The molecule has 0 amide bonds. The number of hydrogen-bond acceptors (Lipinski definition) is 0. The van der Waals surface area contributed by atoms with E-state index in [9.17, 15) is 0 Å². The number of halogens is 1. The van der Waals surface area contributed by atoms with Gasteiger partial charge >= 0.3 is 0 Å². The molecule has 0 heterocycles. The molecule has 16 heavy (non-hydrogen) atoms. The van der Waals surface area contributed by atoms with Crippen LogP contribution in [-0.2, 0) is 0 Å². The molecule has 0 atom stereocenters. The van der Waals surface area contributed by atoms with Crippen LogP contribution < -0.4 is 5.30 Å². The Morgan fingerprint density at radius 1 is 0.812 bits per heavy atom. The van der Waals surface area contributed by atoms with Crippen LogP contribution >= 0.6 is 17.9 Å². The van der Waals surface area contributed by atoms with Crippen molar-refractivity contribution >= 4 is 23.2 Å². The molecule has 0 bridgehead atoms. The van der Waals surface area contributed by atoms with Gasteiger partial charge in [0.15, 0.2) is 6.62 Å². The highest BCUT2D eigenvalue weighted by atomic mass is 35.7. The number of hydrogen-bond donors (Lipinski definition) is 0. The lowest BCUT2D eigenvalue weighted by Gasteiger charge is -2.40. The van der Waals surface area contributed by atoms with Crippen LogP contribution in [0.4, 0.5) is 0 Å². The van der Waals surface area contributed by atoms with Crippen LogP contribution in [0.5, 0.6) is 0 Å². The molecule has 0 aliphatic heterocycles. The van der Waals surface area contributed by atoms with Gasteiger partial charge in [-0.15, -0.1) is 0 Å². The first kappa shape index (κ1) is 14.0. The Morgan fingerprint density at radius 3 is 1.50 bits per heavy atom. The van der Waals surface area contributed by atoms with Gasteiger partial charge in [-0.3, -0.25) is 0 Å². The molecule has 0 saturated carbocycles. The van der Waals surface area contributed by atoms with Crippen LogP contribution in [0.1, 0.15) is 41.5 Å². The standard InChI is InChI=1S/C14H23ClP/c1-13(2,3)16(15,14(4,5)6)12-10-8-7-9-11-12/h7-11H,1-6H3/q+1. The Balaban J connectivity index is 3.39. The summed E-state index contributed by atoms with van der Waals surface area (Å²) < 4.78 is 0. The Bertz CT molecular complexity index is 329. The lowest BCUT2D eigenvalue weighted by molar-refractivity contribution is 0.709. The molecule has 0 spiro atoms. The summed E-state index contributed by atoms with van der Waals surface area (Å²) in [5.41, 5.74) is 0. The third-order valence-corrected chi connectivity index (χ3v) is 11.3. The lowest BCUT2D eigenvalue weighted by atomic mass is 10.2. The Labute approximate surface area is 106 Å². The Hall–Kier alpha value is -0.0600. The average Bonchev–Trinajstić information content (AvgIpc) is 2.14. The summed E-state index contributed by atoms with van der Waals surface area (Å²) in [6, 6.07) is 10.6. The second kappa shape index (κ2) is 4.31. The third-order valence-electron chi connectivity index (χ3n) is 2.96. The van der Waals surface area contributed by atoms with E-state index in [1.54, 1.807) is 0 Å². The molecule has 0 N–H and O–H groups in total. The fourth-order valence-corrected chi connectivity index (χ4v) is 6.90. The number of rotatable bonds is 1. The highest BCUT2D eigenvalue weighted by Gasteiger charge is 2.59. The van der Waals surface area contributed by atoms with Crippen LogP contribution in [0.15, 0.2) is 30.3 Å². The maximum atomic E-state index is 7.13. The topological polar surface area (TPSA) is 0 Å². The summed E-state index contributed by atoms with van der Waals surface area (Å²) in [6.45, 7) is 11.8. The van der Waals surface area contributed by atoms with Gasteiger partial charge < -0.3 is 0 Å². The van der Waals surface area contributed by atoms with E-state index in [0.717, 1.165) is 0 Å². The molecular formula is C14H23ClP+. The van der Waals surface area contributed by atoms with E-state index in [1.165, 1.54) is 5.30 Å². The molecule has 0 nitrogen and oxygen atoms in total. The minimum atomic E-state index is -1.72. The molecule has 0 aliphatic rings. The first-order valence-corrected chi connectivity index (χ1v) is 8.44. The molecule has 90 valence electrons. The van der Waals surface area contributed by atoms with Gasteiger partial charge in [0.25, 0.3) is 0 Å². The zero-order chi connectivity index (χ0) is 12.6. The van der Waals surface area contributed by atoms with Crippen LogP contribution in [0, 0.1) is 0 Å². The van der Waals surface area contributed by atoms with Gasteiger partial charge in [-0.25, -0.2) is 0 Å².